The highest BCUT2D eigenvalue weighted by Crippen LogP contribution is 2.38. The molecule has 2 aromatic heterocycles. The van der Waals surface area contributed by atoms with Crippen molar-refractivity contribution in [3.05, 3.63) is 51.7 Å². The molecule has 0 saturated heterocycles. The summed E-state index contributed by atoms with van der Waals surface area (Å²) in [6.07, 6.45) is 0. The van der Waals surface area contributed by atoms with Gasteiger partial charge in [0.1, 0.15) is 11.5 Å². The molecule has 0 aliphatic rings. The number of hydrogen-bond donors (Lipinski definition) is 0. The van der Waals surface area contributed by atoms with Crippen molar-refractivity contribution in [3.8, 4) is 22.8 Å². The van der Waals surface area contributed by atoms with Crippen LogP contribution in [0.2, 0.25) is 15.3 Å². The molecular formula is C20H15Cl3N4O3. The van der Waals surface area contributed by atoms with E-state index < -0.39 is 0 Å². The Hall–Kier alpha value is -2.74. The molecule has 4 rings (SSSR count). The molecule has 0 unspecified atom stereocenters. The zero-order chi connectivity index (χ0) is 21.4. The summed E-state index contributed by atoms with van der Waals surface area (Å²) < 4.78 is 16.3. The Bertz CT molecular complexity index is 1250. The zero-order valence-electron chi connectivity index (χ0n) is 16.1. The van der Waals surface area contributed by atoms with Gasteiger partial charge in [-0.25, -0.2) is 4.98 Å². The fraction of sp³-hybridized carbons (Fsp3) is 0.150. The van der Waals surface area contributed by atoms with Crippen LogP contribution in [-0.2, 0) is 0 Å². The van der Waals surface area contributed by atoms with E-state index in [2.05, 4.69) is 15.1 Å². The molecule has 0 spiro atoms. The molecule has 154 valence electrons. The molecule has 10 heteroatoms. The van der Waals surface area contributed by atoms with Crippen molar-refractivity contribution in [3.63, 3.8) is 0 Å². The monoisotopic (exact) mass is 464 g/mol. The Morgan fingerprint density at radius 3 is 2.37 bits per heavy atom. The molecule has 0 N–H and O–H groups in total. The number of nitrogens with zero attached hydrogens (tertiary/aromatic N) is 4. The third-order valence-corrected chi connectivity index (χ3v) is 5.22. The SMILES string of the molecule is COc1cc2nc(Cl)nc(N(C)c3cc(-c4ccc(Cl)cc4Cl)no3)c2cc1OC. The third-order valence-electron chi connectivity index (χ3n) is 4.51. The summed E-state index contributed by atoms with van der Waals surface area (Å²) in [5, 5.41) is 5.91. The standard InChI is InChI=1S/C20H15Cl3N4O3/c1-27(18-9-15(26-30-18)11-5-4-10(21)6-13(11)22)19-12-7-16(28-2)17(29-3)8-14(12)24-20(23)25-19/h4-9H,1-3H3. The van der Waals surface area contributed by atoms with Crippen molar-refractivity contribution in [1.82, 2.24) is 15.1 Å². The highest BCUT2D eigenvalue weighted by atomic mass is 35.5. The van der Waals surface area contributed by atoms with Crippen LogP contribution in [0.5, 0.6) is 11.5 Å². The molecule has 30 heavy (non-hydrogen) atoms. The fourth-order valence-corrected chi connectivity index (χ4v) is 3.70. The van der Waals surface area contributed by atoms with Crippen LogP contribution in [0.4, 0.5) is 11.7 Å². The lowest BCUT2D eigenvalue weighted by Gasteiger charge is -2.17. The van der Waals surface area contributed by atoms with Gasteiger partial charge in [-0.2, -0.15) is 4.98 Å². The summed E-state index contributed by atoms with van der Waals surface area (Å²) >= 11 is 18.4. The van der Waals surface area contributed by atoms with E-state index in [0.717, 1.165) is 0 Å². The average molecular weight is 466 g/mol. The fourth-order valence-electron chi connectivity index (χ4n) is 3.02. The second-order valence-corrected chi connectivity index (χ2v) is 7.46. The van der Waals surface area contributed by atoms with Gasteiger partial charge >= 0.3 is 0 Å². The minimum absolute atomic E-state index is 0.0806. The van der Waals surface area contributed by atoms with Crippen molar-refractivity contribution in [2.75, 3.05) is 26.2 Å². The molecule has 0 atom stereocenters. The number of methoxy groups -OCH3 is 2. The normalized spacial score (nSPS) is 11.0. The van der Waals surface area contributed by atoms with E-state index in [-0.39, 0.29) is 5.28 Å². The Morgan fingerprint density at radius 2 is 1.67 bits per heavy atom. The van der Waals surface area contributed by atoms with Crippen LogP contribution in [0.3, 0.4) is 0 Å². The van der Waals surface area contributed by atoms with Crippen molar-refractivity contribution in [2.24, 2.45) is 0 Å². The first-order chi connectivity index (χ1) is 14.4. The second kappa shape index (κ2) is 8.18. The first-order valence-electron chi connectivity index (χ1n) is 8.66. The van der Waals surface area contributed by atoms with Crippen molar-refractivity contribution < 1.29 is 14.0 Å². The van der Waals surface area contributed by atoms with E-state index in [1.165, 1.54) is 0 Å². The number of aromatic nitrogens is 3. The lowest BCUT2D eigenvalue weighted by Crippen LogP contribution is -2.12. The Balaban J connectivity index is 1.80. The lowest BCUT2D eigenvalue weighted by molar-refractivity contribution is 0.356. The topological polar surface area (TPSA) is 73.5 Å². The van der Waals surface area contributed by atoms with Gasteiger partial charge in [0.25, 0.3) is 0 Å². The van der Waals surface area contributed by atoms with Crippen molar-refractivity contribution >= 4 is 57.4 Å². The number of halogens is 3. The van der Waals surface area contributed by atoms with Gasteiger partial charge < -0.3 is 14.0 Å². The molecule has 0 radical (unpaired) electrons. The van der Waals surface area contributed by atoms with Crippen LogP contribution in [0.25, 0.3) is 22.2 Å². The molecule has 0 aliphatic heterocycles. The van der Waals surface area contributed by atoms with Gasteiger partial charge in [-0.3, -0.25) is 4.90 Å². The number of ether oxygens (including phenoxy) is 2. The van der Waals surface area contributed by atoms with Gasteiger partial charge in [0.2, 0.25) is 11.2 Å². The maximum Gasteiger partial charge on any atom is 0.233 e. The van der Waals surface area contributed by atoms with Crippen molar-refractivity contribution in [2.45, 2.75) is 0 Å². The van der Waals surface area contributed by atoms with Crippen LogP contribution < -0.4 is 14.4 Å². The van der Waals surface area contributed by atoms with Gasteiger partial charge in [0.15, 0.2) is 11.5 Å². The van der Waals surface area contributed by atoms with Gasteiger partial charge in [0, 0.05) is 35.2 Å². The Kier molecular flexibility index (Phi) is 5.60. The highest BCUT2D eigenvalue weighted by Gasteiger charge is 2.20. The predicted molar refractivity (Wildman–Crippen MR) is 118 cm³/mol. The smallest absolute Gasteiger partial charge is 0.233 e. The van der Waals surface area contributed by atoms with E-state index in [1.807, 2.05) is 0 Å². The van der Waals surface area contributed by atoms with E-state index in [9.17, 15) is 0 Å². The van der Waals surface area contributed by atoms with Crippen LogP contribution in [-0.4, -0.2) is 36.4 Å². The van der Waals surface area contributed by atoms with E-state index in [0.29, 0.717) is 55.4 Å². The number of anilines is 2. The second-order valence-electron chi connectivity index (χ2n) is 6.27. The van der Waals surface area contributed by atoms with Crippen LogP contribution in [0, 0.1) is 0 Å². The zero-order valence-corrected chi connectivity index (χ0v) is 18.4. The molecule has 7 nitrogen and oxygen atoms in total. The third kappa shape index (κ3) is 3.71. The lowest BCUT2D eigenvalue weighted by atomic mass is 10.1. The van der Waals surface area contributed by atoms with E-state index >= 15 is 0 Å². The number of benzene rings is 2. The molecule has 0 amide bonds. The molecule has 0 saturated carbocycles. The maximum atomic E-state index is 6.29. The summed E-state index contributed by atoms with van der Waals surface area (Å²) in [5.74, 6) is 2.02. The minimum Gasteiger partial charge on any atom is -0.493 e. The van der Waals surface area contributed by atoms with Crippen LogP contribution in [0.15, 0.2) is 40.9 Å². The van der Waals surface area contributed by atoms with Crippen molar-refractivity contribution in [1.29, 1.82) is 0 Å². The summed E-state index contributed by atoms with van der Waals surface area (Å²) in [4.78, 5) is 10.4. The largest absolute Gasteiger partial charge is 0.493 e. The quantitative estimate of drug-likeness (QED) is 0.333. The van der Waals surface area contributed by atoms with E-state index in [4.69, 9.17) is 48.8 Å². The van der Waals surface area contributed by atoms with Gasteiger partial charge in [-0.05, 0) is 35.9 Å². The predicted octanol–water partition coefficient (Wildman–Crippen LogP) is 6.03. The van der Waals surface area contributed by atoms with Gasteiger partial charge in [-0.1, -0.05) is 28.4 Å². The van der Waals surface area contributed by atoms with E-state index in [1.54, 1.807) is 62.6 Å². The molecule has 2 aromatic carbocycles. The molecule has 0 bridgehead atoms. The summed E-state index contributed by atoms with van der Waals surface area (Å²) in [6.45, 7) is 0. The molecule has 0 aliphatic carbocycles. The summed E-state index contributed by atoms with van der Waals surface area (Å²) in [5.41, 5.74) is 1.85. The first-order valence-corrected chi connectivity index (χ1v) is 9.79. The molecular weight excluding hydrogens is 451 g/mol. The minimum atomic E-state index is 0.0806. The number of hydrogen-bond acceptors (Lipinski definition) is 7. The maximum absolute atomic E-state index is 6.29. The highest BCUT2D eigenvalue weighted by molar-refractivity contribution is 6.36. The molecule has 2 heterocycles. The van der Waals surface area contributed by atoms with Crippen LogP contribution in [0.1, 0.15) is 0 Å². The first kappa shape index (κ1) is 20.5. The summed E-state index contributed by atoms with van der Waals surface area (Å²) in [7, 11) is 4.89. The molecule has 0 fully saturated rings. The molecule has 4 aromatic rings. The van der Waals surface area contributed by atoms with Gasteiger partial charge in [-0.15, -0.1) is 0 Å². The number of fused-ring (bicyclic) bond motifs is 1. The Labute approximate surface area is 187 Å². The van der Waals surface area contributed by atoms with Crippen LogP contribution >= 0.6 is 34.8 Å². The number of rotatable bonds is 5. The Morgan fingerprint density at radius 1 is 0.933 bits per heavy atom. The average Bonchev–Trinajstić information content (AvgIpc) is 3.21. The summed E-state index contributed by atoms with van der Waals surface area (Å²) in [6, 6.07) is 10.4. The van der Waals surface area contributed by atoms with Gasteiger partial charge in [0.05, 0.1) is 24.8 Å².